The van der Waals surface area contributed by atoms with E-state index in [-0.39, 0.29) is 25.6 Å². The zero-order chi connectivity index (χ0) is 15.4. The normalized spacial score (nSPS) is 11.9. The Bertz CT molecular complexity index is 286. The summed E-state index contributed by atoms with van der Waals surface area (Å²) in [5.41, 5.74) is 0. The van der Waals surface area contributed by atoms with E-state index >= 15 is 0 Å². The number of hydrogen-bond donors (Lipinski definition) is 3. The molecule has 1 atom stereocenters. The van der Waals surface area contributed by atoms with Gasteiger partial charge < -0.3 is 25.2 Å². The number of nitrogens with one attached hydrogen (secondary N) is 1. The molecule has 0 radical (unpaired) electrons. The highest BCUT2D eigenvalue weighted by atomic mass is 16.5. The van der Waals surface area contributed by atoms with Crippen molar-refractivity contribution in [3.63, 3.8) is 0 Å². The Labute approximate surface area is 119 Å². The van der Waals surface area contributed by atoms with Crippen molar-refractivity contribution in [2.24, 2.45) is 0 Å². The van der Waals surface area contributed by atoms with Gasteiger partial charge in [-0.25, -0.2) is 4.79 Å². The predicted octanol–water partition coefficient (Wildman–Crippen LogP) is 0.670. The number of likely N-dealkylation sites (N-methyl/N-ethyl adjacent to an activating group) is 1. The Morgan fingerprint density at radius 2 is 1.90 bits per heavy atom. The molecule has 7 heteroatoms. The summed E-state index contributed by atoms with van der Waals surface area (Å²) in [6, 6.07) is -0.231. The largest absolute Gasteiger partial charge is 0.481 e. The monoisotopic (exact) mass is 290 g/mol. The third-order valence-corrected chi connectivity index (χ3v) is 2.78. The molecule has 7 nitrogen and oxygen atoms in total. The second kappa shape index (κ2) is 11.5. The molecule has 0 spiro atoms. The number of unbranched alkanes of at least 4 members (excludes halogenated alkanes) is 3. The lowest BCUT2D eigenvalue weighted by Gasteiger charge is -2.20. The Hall–Kier alpha value is -1.34. The van der Waals surface area contributed by atoms with Gasteiger partial charge in [-0.3, -0.25) is 4.79 Å². The Balaban J connectivity index is 3.54. The van der Waals surface area contributed by atoms with Gasteiger partial charge >= 0.3 is 12.0 Å². The maximum absolute atomic E-state index is 11.6. The number of carboxylic acid groups (broad SMARTS) is 1. The number of amides is 2. The lowest BCUT2D eigenvalue weighted by atomic mass is 10.1. The van der Waals surface area contributed by atoms with Crippen molar-refractivity contribution in [1.82, 2.24) is 10.2 Å². The number of rotatable bonds is 11. The summed E-state index contributed by atoms with van der Waals surface area (Å²) in [7, 11) is 3.11. The van der Waals surface area contributed by atoms with Crippen molar-refractivity contribution >= 4 is 12.0 Å². The number of carboxylic acids is 1. The van der Waals surface area contributed by atoms with E-state index in [4.69, 9.17) is 9.84 Å². The van der Waals surface area contributed by atoms with Gasteiger partial charge in [0.1, 0.15) is 0 Å². The highest BCUT2D eigenvalue weighted by Crippen LogP contribution is 2.02. The summed E-state index contributed by atoms with van der Waals surface area (Å²) in [5.74, 6) is -0.769. The van der Waals surface area contributed by atoms with E-state index in [1.54, 1.807) is 7.05 Å². The molecule has 1 unspecified atom stereocenters. The van der Waals surface area contributed by atoms with Crippen LogP contribution < -0.4 is 5.32 Å². The maximum atomic E-state index is 11.6. The minimum Gasteiger partial charge on any atom is -0.481 e. The van der Waals surface area contributed by atoms with Crippen LogP contribution in [-0.2, 0) is 9.53 Å². The van der Waals surface area contributed by atoms with Gasteiger partial charge in [0.25, 0.3) is 0 Å². The molecule has 0 rings (SSSR count). The summed E-state index contributed by atoms with van der Waals surface area (Å²) in [6.07, 6.45) is 2.75. The van der Waals surface area contributed by atoms with Crippen molar-refractivity contribution in [2.45, 2.75) is 38.2 Å². The van der Waals surface area contributed by atoms with Crippen LogP contribution >= 0.6 is 0 Å². The average Bonchev–Trinajstić information content (AvgIpc) is 2.37. The third-order valence-electron chi connectivity index (χ3n) is 2.78. The fraction of sp³-hybridized carbons (Fsp3) is 0.846. The zero-order valence-electron chi connectivity index (χ0n) is 12.3. The minimum atomic E-state index is -0.769. The average molecular weight is 290 g/mol. The molecule has 0 aromatic rings. The van der Waals surface area contributed by atoms with Crippen molar-refractivity contribution in [3.8, 4) is 0 Å². The van der Waals surface area contributed by atoms with Gasteiger partial charge in [-0.1, -0.05) is 12.8 Å². The molecule has 0 heterocycles. The topological polar surface area (TPSA) is 99.1 Å². The smallest absolute Gasteiger partial charge is 0.317 e. The molecule has 0 aromatic carbocycles. The summed E-state index contributed by atoms with van der Waals surface area (Å²) < 4.78 is 4.79. The molecule has 0 fully saturated rings. The molecule has 0 saturated carbocycles. The number of carbonyl (C=O) groups excluding carboxylic acids is 1. The van der Waals surface area contributed by atoms with E-state index in [1.165, 1.54) is 12.0 Å². The molecular weight excluding hydrogens is 264 g/mol. The Morgan fingerprint density at radius 1 is 1.25 bits per heavy atom. The number of carbonyl (C=O) groups is 2. The van der Waals surface area contributed by atoms with Gasteiger partial charge in [0.15, 0.2) is 0 Å². The molecule has 20 heavy (non-hydrogen) atoms. The van der Waals surface area contributed by atoms with Crippen molar-refractivity contribution in [1.29, 1.82) is 0 Å². The number of aliphatic hydroxyl groups is 1. The first-order valence-electron chi connectivity index (χ1n) is 6.85. The number of urea groups is 1. The predicted molar refractivity (Wildman–Crippen MR) is 74.6 cm³/mol. The van der Waals surface area contributed by atoms with Gasteiger partial charge in [0.05, 0.1) is 19.3 Å². The number of aliphatic hydroxyl groups excluding tert-OH is 1. The third kappa shape index (κ3) is 10.6. The quantitative estimate of drug-likeness (QED) is 0.486. The van der Waals surface area contributed by atoms with Crippen LogP contribution in [-0.4, -0.2) is 67.1 Å². The molecule has 0 aromatic heterocycles. The molecule has 2 amide bonds. The van der Waals surface area contributed by atoms with Crippen LogP contribution in [0.3, 0.4) is 0 Å². The van der Waals surface area contributed by atoms with Gasteiger partial charge in [0, 0.05) is 27.1 Å². The summed E-state index contributed by atoms with van der Waals surface area (Å²) in [5, 5.41) is 20.7. The van der Waals surface area contributed by atoms with Crippen LogP contribution in [0.25, 0.3) is 0 Å². The summed E-state index contributed by atoms with van der Waals surface area (Å²) in [6.45, 7) is 0.968. The second-order valence-electron chi connectivity index (χ2n) is 4.78. The van der Waals surface area contributed by atoms with Crippen LogP contribution in [0.15, 0.2) is 0 Å². The fourth-order valence-corrected chi connectivity index (χ4v) is 1.73. The zero-order valence-corrected chi connectivity index (χ0v) is 12.3. The van der Waals surface area contributed by atoms with Crippen LogP contribution in [0.1, 0.15) is 32.1 Å². The summed E-state index contributed by atoms with van der Waals surface area (Å²) in [4.78, 5) is 23.4. The van der Waals surface area contributed by atoms with E-state index in [0.717, 1.165) is 19.3 Å². The first kappa shape index (κ1) is 18.7. The first-order valence-corrected chi connectivity index (χ1v) is 6.85. The number of nitrogens with zero attached hydrogens (tertiary/aromatic N) is 1. The van der Waals surface area contributed by atoms with Crippen molar-refractivity contribution in [2.75, 3.05) is 33.9 Å². The van der Waals surface area contributed by atoms with E-state index in [9.17, 15) is 14.7 Å². The molecule has 0 aliphatic rings. The van der Waals surface area contributed by atoms with E-state index in [2.05, 4.69) is 5.32 Å². The molecule has 118 valence electrons. The maximum Gasteiger partial charge on any atom is 0.317 e. The van der Waals surface area contributed by atoms with E-state index in [1.807, 2.05) is 0 Å². The van der Waals surface area contributed by atoms with Crippen LogP contribution in [0.4, 0.5) is 4.79 Å². The van der Waals surface area contributed by atoms with Crippen LogP contribution in [0, 0.1) is 0 Å². The molecule has 0 bridgehead atoms. The molecule has 0 aliphatic heterocycles. The lowest BCUT2D eigenvalue weighted by Crippen LogP contribution is -2.42. The van der Waals surface area contributed by atoms with Gasteiger partial charge in [-0.15, -0.1) is 0 Å². The number of methoxy groups -OCH3 is 1. The molecule has 3 N–H and O–H groups in total. The van der Waals surface area contributed by atoms with Crippen LogP contribution in [0.2, 0.25) is 0 Å². The van der Waals surface area contributed by atoms with E-state index < -0.39 is 12.1 Å². The SMILES string of the molecule is COCC(O)CN(C)C(=O)NCCCCCCC(=O)O. The number of ether oxygens (including phenoxy) is 1. The molecular formula is C13H26N2O5. The highest BCUT2D eigenvalue weighted by Gasteiger charge is 2.12. The van der Waals surface area contributed by atoms with Crippen molar-refractivity contribution < 1.29 is 24.5 Å². The summed E-state index contributed by atoms with van der Waals surface area (Å²) >= 11 is 0. The molecule has 0 saturated heterocycles. The first-order chi connectivity index (χ1) is 9.47. The van der Waals surface area contributed by atoms with Crippen molar-refractivity contribution in [3.05, 3.63) is 0 Å². The molecule has 0 aliphatic carbocycles. The second-order valence-corrected chi connectivity index (χ2v) is 4.78. The van der Waals surface area contributed by atoms with E-state index in [0.29, 0.717) is 13.0 Å². The minimum absolute atomic E-state index is 0.196. The highest BCUT2D eigenvalue weighted by molar-refractivity contribution is 5.73. The van der Waals surface area contributed by atoms with Gasteiger partial charge in [-0.05, 0) is 12.8 Å². The number of hydrogen-bond acceptors (Lipinski definition) is 4. The fourth-order valence-electron chi connectivity index (χ4n) is 1.73. The van der Waals surface area contributed by atoms with Gasteiger partial charge in [-0.2, -0.15) is 0 Å². The Kier molecular flexibility index (Phi) is 10.7. The number of aliphatic carboxylic acids is 1. The Morgan fingerprint density at radius 3 is 2.50 bits per heavy atom. The van der Waals surface area contributed by atoms with Gasteiger partial charge in [0.2, 0.25) is 0 Å². The standard InChI is InChI=1S/C13H26N2O5/c1-15(9-11(16)10-20-2)13(19)14-8-6-4-3-5-7-12(17)18/h11,16H,3-10H2,1-2H3,(H,14,19)(H,17,18). The van der Waals surface area contributed by atoms with Crippen LogP contribution in [0.5, 0.6) is 0 Å². The lowest BCUT2D eigenvalue weighted by molar-refractivity contribution is -0.137.